The molecule has 0 saturated heterocycles. The first-order valence-electron chi connectivity index (χ1n) is 6.94. The molecule has 0 saturated carbocycles. The number of amides is 1. The van der Waals surface area contributed by atoms with Crippen molar-refractivity contribution in [2.45, 2.75) is 25.5 Å². The molecule has 2 aromatic heterocycles. The van der Waals surface area contributed by atoms with Gasteiger partial charge in [0.2, 0.25) is 5.88 Å². The van der Waals surface area contributed by atoms with Gasteiger partial charge in [-0.15, -0.1) is 0 Å². The topological polar surface area (TPSA) is 89.5 Å². The van der Waals surface area contributed by atoms with Gasteiger partial charge in [-0.3, -0.25) is 4.79 Å². The second-order valence-electron chi connectivity index (χ2n) is 4.87. The summed E-state index contributed by atoms with van der Waals surface area (Å²) in [7, 11) is 0. The Kier molecular flexibility index (Phi) is 3.92. The fourth-order valence-corrected chi connectivity index (χ4v) is 2.21. The molecule has 3 rings (SSSR count). The molecular formula is C14H17N3O4. The van der Waals surface area contributed by atoms with Crippen molar-refractivity contribution in [3.63, 3.8) is 0 Å². The maximum atomic E-state index is 12.0. The average molecular weight is 291 g/mol. The summed E-state index contributed by atoms with van der Waals surface area (Å²) in [6.45, 7) is 1.76. The van der Waals surface area contributed by atoms with E-state index >= 15 is 0 Å². The summed E-state index contributed by atoms with van der Waals surface area (Å²) < 4.78 is 12.2. The fourth-order valence-electron chi connectivity index (χ4n) is 2.21. The summed E-state index contributed by atoms with van der Waals surface area (Å²) in [6.07, 6.45) is 2.06. The van der Waals surface area contributed by atoms with Crippen LogP contribution in [0.25, 0.3) is 0 Å². The van der Waals surface area contributed by atoms with E-state index in [-0.39, 0.29) is 5.91 Å². The lowest BCUT2D eigenvalue weighted by molar-refractivity contribution is 0.0930. The summed E-state index contributed by atoms with van der Waals surface area (Å²) >= 11 is 0. The van der Waals surface area contributed by atoms with E-state index in [1.807, 2.05) is 0 Å². The second-order valence-corrected chi connectivity index (χ2v) is 4.87. The highest BCUT2D eigenvalue weighted by molar-refractivity contribution is 5.92. The van der Waals surface area contributed by atoms with Crippen molar-refractivity contribution < 1.29 is 19.1 Å². The number of hydrogen-bond donors (Lipinski definition) is 2. The molecule has 21 heavy (non-hydrogen) atoms. The predicted octanol–water partition coefficient (Wildman–Crippen LogP) is 1.11. The van der Waals surface area contributed by atoms with E-state index in [0.717, 1.165) is 13.0 Å². The second kappa shape index (κ2) is 6.01. The largest absolute Gasteiger partial charge is 0.478 e. The van der Waals surface area contributed by atoms with Gasteiger partial charge in [0.1, 0.15) is 11.9 Å². The number of furan rings is 1. The Balaban J connectivity index is 1.51. The van der Waals surface area contributed by atoms with Gasteiger partial charge >= 0.3 is 0 Å². The molecule has 1 amide bonds. The highest BCUT2D eigenvalue weighted by Crippen LogP contribution is 2.18. The molecule has 0 aromatic carbocycles. The molecule has 2 aromatic rings. The summed E-state index contributed by atoms with van der Waals surface area (Å²) in [5.41, 5.74) is 0.333. The van der Waals surface area contributed by atoms with E-state index < -0.39 is 6.10 Å². The standard InChI is InChI=1S/C14H17N3O4/c18-11(12-3-1-7-20-12)4-5-15-14(19)10-9-13-17(16-10)6-2-8-21-13/h1,3,7,9,11,18H,2,4-6,8H2,(H,15,19). The molecule has 1 atom stereocenters. The van der Waals surface area contributed by atoms with Gasteiger partial charge in [0.25, 0.3) is 5.91 Å². The van der Waals surface area contributed by atoms with E-state index in [1.165, 1.54) is 6.26 Å². The average Bonchev–Trinajstić information content (AvgIpc) is 3.16. The lowest BCUT2D eigenvalue weighted by Crippen LogP contribution is -2.26. The fraction of sp³-hybridized carbons (Fsp3) is 0.429. The van der Waals surface area contributed by atoms with Gasteiger partial charge in [-0.05, 0) is 18.6 Å². The minimum absolute atomic E-state index is 0.271. The molecule has 0 bridgehead atoms. The van der Waals surface area contributed by atoms with Crippen molar-refractivity contribution in [3.05, 3.63) is 35.9 Å². The van der Waals surface area contributed by atoms with E-state index in [0.29, 0.717) is 36.9 Å². The number of aliphatic hydroxyl groups excluding tert-OH is 1. The molecule has 1 unspecified atom stereocenters. The molecule has 1 aliphatic rings. The number of fused-ring (bicyclic) bond motifs is 1. The monoisotopic (exact) mass is 291 g/mol. The Morgan fingerprint density at radius 3 is 3.24 bits per heavy atom. The highest BCUT2D eigenvalue weighted by Gasteiger charge is 2.18. The van der Waals surface area contributed by atoms with E-state index in [2.05, 4.69) is 10.4 Å². The van der Waals surface area contributed by atoms with Crippen LogP contribution in [-0.2, 0) is 6.54 Å². The predicted molar refractivity (Wildman–Crippen MR) is 73.0 cm³/mol. The number of ether oxygens (including phenoxy) is 1. The lowest BCUT2D eigenvalue weighted by Gasteiger charge is -2.13. The van der Waals surface area contributed by atoms with Gasteiger partial charge in [-0.1, -0.05) is 0 Å². The minimum atomic E-state index is -0.723. The molecule has 7 heteroatoms. The number of carbonyl (C=O) groups is 1. The van der Waals surface area contributed by atoms with Crippen LogP contribution in [0.2, 0.25) is 0 Å². The van der Waals surface area contributed by atoms with Crippen LogP contribution in [0.3, 0.4) is 0 Å². The third kappa shape index (κ3) is 3.08. The van der Waals surface area contributed by atoms with Gasteiger partial charge in [-0.2, -0.15) is 5.10 Å². The Bertz CT molecular complexity index is 582. The Morgan fingerprint density at radius 2 is 2.48 bits per heavy atom. The highest BCUT2D eigenvalue weighted by atomic mass is 16.5. The van der Waals surface area contributed by atoms with E-state index in [1.54, 1.807) is 22.9 Å². The molecular weight excluding hydrogens is 274 g/mol. The quantitative estimate of drug-likeness (QED) is 0.861. The van der Waals surface area contributed by atoms with Gasteiger partial charge in [0.15, 0.2) is 5.69 Å². The number of aryl methyl sites for hydroxylation is 1. The van der Waals surface area contributed by atoms with Crippen molar-refractivity contribution in [1.29, 1.82) is 0 Å². The lowest BCUT2D eigenvalue weighted by atomic mass is 10.2. The van der Waals surface area contributed by atoms with Crippen LogP contribution in [0.4, 0.5) is 0 Å². The summed E-state index contributed by atoms with van der Waals surface area (Å²) in [5.74, 6) is 0.851. The van der Waals surface area contributed by atoms with E-state index in [9.17, 15) is 9.90 Å². The van der Waals surface area contributed by atoms with Crippen LogP contribution >= 0.6 is 0 Å². The molecule has 112 valence electrons. The molecule has 1 aliphatic heterocycles. The van der Waals surface area contributed by atoms with Gasteiger partial charge in [-0.25, -0.2) is 4.68 Å². The van der Waals surface area contributed by atoms with Gasteiger partial charge in [0.05, 0.1) is 12.9 Å². The van der Waals surface area contributed by atoms with Crippen LogP contribution < -0.4 is 10.1 Å². The molecule has 0 radical (unpaired) electrons. The van der Waals surface area contributed by atoms with Gasteiger partial charge in [0, 0.05) is 25.6 Å². The first-order valence-corrected chi connectivity index (χ1v) is 6.94. The maximum Gasteiger partial charge on any atom is 0.271 e. The van der Waals surface area contributed by atoms with Crippen molar-refractivity contribution in [1.82, 2.24) is 15.1 Å². The molecule has 0 spiro atoms. The van der Waals surface area contributed by atoms with Crippen LogP contribution in [0.5, 0.6) is 5.88 Å². The molecule has 7 nitrogen and oxygen atoms in total. The molecule has 0 fully saturated rings. The Hall–Kier alpha value is -2.28. The third-order valence-electron chi connectivity index (χ3n) is 3.31. The zero-order valence-corrected chi connectivity index (χ0v) is 11.5. The SMILES string of the molecule is O=C(NCCC(O)c1ccco1)c1cc2n(n1)CCCO2. The van der Waals surface area contributed by atoms with Crippen molar-refractivity contribution in [3.8, 4) is 5.88 Å². The minimum Gasteiger partial charge on any atom is -0.478 e. The molecule has 2 N–H and O–H groups in total. The van der Waals surface area contributed by atoms with Crippen molar-refractivity contribution >= 4 is 5.91 Å². The molecule has 3 heterocycles. The number of hydrogen-bond acceptors (Lipinski definition) is 5. The van der Waals surface area contributed by atoms with Crippen LogP contribution in [-0.4, -0.2) is 33.9 Å². The number of carbonyl (C=O) groups excluding carboxylic acids is 1. The van der Waals surface area contributed by atoms with Gasteiger partial charge < -0.3 is 19.6 Å². The zero-order valence-electron chi connectivity index (χ0n) is 11.5. The van der Waals surface area contributed by atoms with Crippen LogP contribution in [0.1, 0.15) is 35.2 Å². The number of nitrogens with zero attached hydrogens (tertiary/aromatic N) is 2. The normalized spacial score (nSPS) is 15.1. The van der Waals surface area contributed by atoms with Crippen molar-refractivity contribution in [2.75, 3.05) is 13.2 Å². The maximum absolute atomic E-state index is 12.0. The number of aliphatic hydroxyl groups is 1. The van der Waals surface area contributed by atoms with E-state index in [4.69, 9.17) is 9.15 Å². The Morgan fingerprint density at radius 1 is 1.57 bits per heavy atom. The zero-order chi connectivity index (χ0) is 14.7. The summed E-state index contributed by atoms with van der Waals surface area (Å²) in [5, 5.41) is 16.8. The number of rotatable bonds is 5. The van der Waals surface area contributed by atoms with Crippen LogP contribution in [0, 0.1) is 0 Å². The number of nitrogens with one attached hydrogen (secondary N) is 1. The first-order chi connectivity index (χ1) is 10.2. The summed E-state index contributed by atoms with van der Waals surface area (Å²) in [4.78, 5) is 12.0. The molecule has 0 aliphatic carbocycles. The number of aromatic nitrogens is 2. The van der Waals surface area contributed by atoms with Crippen molar-refractivity contribution in [2.24, 2.45) is 0 Å². The Labute approximate surface area is 121 Å². The first kappa shape index (κ1) is 13.7. The third-order valence-corrected chi connectivity index (χ3v) is 3.31. The summed E-state index contributed by atoms with van der Waals surface area (Å²) in [6, 6.07) is 5.05. The van der Waals surface area contributed by atoms with Crippen LogP contribution in [0.15, 0.2) is 28.9 Å². The smallest absolute Gasteiger partial charge is 0.271 e.